The quantitative estimate of drug-likeness (QED) is 0.723. The average Bonchev–Trinajstić information content (AvgIpc) is 2.38. The molecular formula is C12H15N3O3S. The number of anilines is 3. The largest absolute Gasteiger partial charge is 0.482 e. The first-order valence-electron chi connectivity index (χ1n) is 5.75. The van der Waals surface area contributed by atoms with E-state index in [4.69, 9.17) is 10.5 Å². The summed E-state index contributed by atoms with van der Waals surface area (Å²) in [6.45, 7) is -0.0220. The zero-order valence-corrected chi connectivity index (χ0v) is 11.3. The fourth-order valence-corrected chi connectivity index (χ4v) is 2.05. The van der Waals surface area contributed by atoms with Gasteiger partial charge in [0.1, 0.15) is 5.75 Å². The number of fused-ring (bicyclic) bond motifs is 1. The monoisotopic (exact) mass is 281 g/mol. The van der Waals surface area contributed by atoms with Crippen molar-refractivity contribution in [2.24, 2.45) is 0 Å². The molecule has 1 aliphatic heterocycles. The number of benzene rings is 1. The number of amides is 2. The molecular weight excluding hydrogens is 266 g/mol. The lowest BCUT2D eigenvalue weighted by molar-refractivity contribution is -0.118. The van der Waals surface area contributed by atoms with Crippen LogP contribution in [0.15, 0.2) is 12.1 Å². The molecule has 1 aromatic carbocycles. The van der Waals surface area contributed by atoms with Crippen molar-refractivity contribution >= 4 is 40.6 Å². The third-order valence-electron chi connectivity index (χ3n) is 2.59. The lowest BCUT2D eigenvalue weighted by atomic mass is 10.2. The highest BCUT2D eigenvalue weighted by Crippen LogP contribution is 2.35. The SMILES string of the molecule is CSCCC(=O)Nc1cc2c(cc1N)OCC(=O)N2. The Morgan fingerprint density at radius 2 is 2.37 bits per heavy atom. The van der Waals surface area contributed by atoms with Gasteiger partial charge in [0.05, 0.1) is 17.1 Å². The second-order valence-corrected chi connectivity index (χ2v) is 5.05. The summed E-state index contributed by atoms with van der Waals surface area (Å²) in [6.07, 6.45) is 2.36. The van der Waals surface area contributed by atoms with Crippen molar-refractivity contribution in [3.05, 3.63) is 12.1 Å². The van der Waals surface area contributed by atoms with Crippen LogP contribution in [0.1, 0.15) is 6.42 Å². The van der Waals surface area contributed by atoms with Gasteiger partial charge in [-0.15, -0.1) is 0 Å². The Bertz CT molecular complexity index is 519. The van der Waals surface area contributed by atoms with Gasteiger partial charge in [-0.05, 0) is 12.3 Å². The summed E-state index contributed by atoms with van der Waals surface area (Å²) >= 11 is 1.60. The first-order valence-corrected chi connectivity index (χ1v) is 7.14. The molecule has 2 rings (SSSR count). The predicted molar refractivity (Wildman–Crippen MR) is 76.6 cm³/mol. The van der Waals surface area contributed by atoms with Gasteiger partial charge in [-0.3, -0.25) is 9.59 Å². The fraction of sp³-hybridized carbons (Fsp3) is 0.333. The van der Waals surface area contributed by atoms with E-state index < -0.39 is 0 Å². The Morgan fingerprint density at radius 3 is 3.11 bits per heavy atom. The van der Waals surface area contributed by atoms with Crippen LogP contribution in [0.25, 0.3) is 0 Å². The minimum atomic E-state index is -0.225. The van der Waals surface area contributed by atoms with Gasteiger partial charge in [-0.2, -0.15) is 11.8 Å². The number of carbonyl (C=O) groups is 2. The average molecular weight is 281 g/mol. The summed E-state index contributed by atoms with van der Waals surface area (Å²) < 4.78 is 5.23. The number of ether oxygens (including phenoxy) is 1. The van der Waals surface area contributed by atoms with Crippen molar-refractivity contribution in [1.82, 2.24) is 0 Å². The maximum absolute atomic E-state index is 11.7. The fourth-order valence-electron chi connectivity index (χ4n) is 1.66. The van der Waals surface area contributed by atoms with E-state index in [1.54, 1.807) is 23.9 Å². The highest BCUT2D eigenvalue weighted by Gasteiger charge is 2.18. The van der Waals surface area contributed by atoms with Gasteiger partial charge in [0.2, 0.25) is 5.91 Å². The molecule has 0 unspecified atom stereocenters. The lowest BCUT2D eigenvalue weighted by Gasteiger charge is -2.20. The number of hydrogen-bond acceptors (Lipinski definition) is 5. The van der Waals surface area contributed by atoms with Crippen LogP contribution in [0, 0.1) is 0 Å². The van der Waals surface area contributed by atoms with E-state index in [0.29, 0.717) is 29.2 Å². The van der Waals surface area contributed by atoms with Crippen molar-refractivity contribution < 1.29 is 14.3 Å². The Balaban J connectivity index is 2.15. The number of nitrogens with two attached hydrogens (primary N) is 1. The van der Waals surface area contributed by atoms with Crippen LogP contribution in [0.3, 0.4) is 0 Å². The first-order chi connectivity index (χ1) is 9.10. The molecule has 102 valence electrons. The van der Waals surface area contributed by atoms with Gasteiger partial charge in [-0.25, -0.2) is 0 Å². The predicted octanol–water partition coefficient (Wildman–Crippen LogP) is 1.29. The number of hydrogen-bond donors (Lipinski definition) is 3. The van der Waals surface area contributed by atoms with Crippen LogP contribution in [-0.2, 0) is 9.59 Å². The molecule has 7 heteroatoms. The third kappa shape index (κ3) is 3.31. The van der Waals surface area contributed by atoms with Crippen LogP contribution in [0.5, 0.6) is 5.75 Å². The zero-order chi connectivity index (χ0) is 13.8. The summed E-state index contributed by atoms with van der Waals surface area (Å²) in [5.41, 5.74) is 7.25. The molecule has 0 bridgehead atoms. The van der Waals surface area contributed by atoms with Gasteiger partial charge >= 0.3 is 0 Å². The van der Waals surface area contributed by atoms with Crippen LogP contribution in [-0.4, -0.2) is 30.4 Å². The number of carbonyl (C=O) groups excluding carboxylic acids is 2. The molecule has 0 saturated carbocycles. The normalized spacial score (nSPS) is 13.2. The molecule has 19 heavy (non-hydrogen) atoms. The van der Waals surface area contributed by atoms with Gasteiger partial charge in [0.25, 0.3) is 5.91 Å². The maximum atomic E-state index is 11.7. The van der Waals surface area contributed by atoms with Crippen LogP contribution < -0.4 is 21.1 Å². The molecule has 1 aromatic rings. The molecule has 0 saturated heterocycles. The molecule has 0 atom stereocenters. The summed E-state index contributed by atoms with van der Waals surface area (Å²) in [6, 6.07) is 3.21. The lowest BCUT2D eigenvalue weighted by Crippen LogP contribution is -2.25. The standard InChI is InChI=1S/C12H15N3O3S/c1-19-3-2-11(16)14-8-5-9-10(4-7(8)13)18-6-12(17)15-9/h4-5H,2-3,6,13H2,1H3,(H,14,16)(H,15,17). The second kappa shape index (κ2) is 5.83. The van der Waals surface area contributed by atoms with Crippen LogP contribution in [0.4, 0.5) is 17.1 Å². The molecule has 1 aliphatic rings. The summed E-state index contributed by atoms with van der Waals surface area (Å²) in [4.78, 5) is 22.9. The van der Waals surface area contributed by atoms with Crippen molar-refractivity contribution in [2.75, 3.05) is 35.0 Å². The van der Waals surface area contributed by atoms with Crippen molar-refractivity contribution in [1.29, 1.82) is 0 Å². The van der Waals surface area contributed by atoms with E-state index in [-0.39, 0.29) is 18.4 Å². The van der Waals surface area contributed by atoms with E-state index >= 15 is 0 Å². The molecule has 6 nitrogen and oxygen atoms in total. The molecule has 0 aromatic heterocycles. The Labute approximate surface area is 115 Å². The van der Waals surface area contributed by atoms with Gasteiger partial charge in [0, 0.05) is 18.2 Å². The number of nitrogen functional groups attached to an aromatic ring is 1. The Kier molecular flexibility index (Phi) is 4.16. The summed E-state index contributed by atoms with van der Waals surface area (Å²) in [5.74, 6) is 0.927. The molecule has 2 amide bonds. The van der Waals surface area contributed by atoms with E-state index in [2.05, 4.69) is 10.6 Å². The van der Waals surface area contributed by atoms with Crippen LogP contribution in [0.2, 0.25) is 0 Å². The molecule has 1 heterocycles. The highest BCUT2D eigenvalue weighted by atomic mass is 32.2. The van der Waals surface area contributed by atoms with Crippen molar-refractivity contribution in [3.63, 3.8) is 0 Å². The van der Waals surface area contributed by atoms with E-state index in [1.165, 1.54) is 0 Å². The minimum absolute atomic E-state index is 0.0220. The number of nitrogens with one attached hydrogen (secondary N) is 2. The van der Waals surface area contributed by atoms with Gasteiger partial charge in [-0.1, -0.05) is 0 Å². The summed E-state index contributed by atoms with van der Waals surface area (Å²) in [5, 5.41) is 5.39. The van der Waals surface area contributed by atoms with Gasteiger partial charge < -0.3 is 21.1 Å². The number of thioether (sulfide) groups is 1. The highest BCUT2D eigenvalue weighted by molar-refractivity contribution is 7.98. The molecule has 0 aliphatic carbocycles. The third-order valence-corrected chi connectivity index (χ3v) is 3.20. The molecule has 0 fully saturated rings. The molecule has 4 N–H and O–H groups in total. The van der Waals surface area contributed by atoms with Crippen LogP contribution >= 0.6 is 11.8 Å². The second-order valence-electron chi connectivity index (χ2n) is 4.06. The number of rotatable bonds is 4. The Morgan fingerprint density at radius 1 is 1.58 bits per heavy atom. The molecule has 0 spiro atoms. The minimum Gasteiger partial charge on any atom is -0.482 e. The van der Waals surface area contributed by atoms with E-state index in [9.17, 15) is 9.59 Å². The van der Waals surface area contributed by atoms with Gasteiger partial charge in [0.15, 0.2) is 6.61 Å². The topological polar surface area (TPSA) is 93.5 Å². The van der Waals surface area contributed by atoms with Crippen molar-refractivity contribution in [3.8, 4) is 5.75 Å². The zero-order valence-electron chi connectivity index (χ0n) is 10.5. The summed E-state index contributed by atoms with van der Waals surface area (Å²) in [7, 11) is 0. The van der Waals surface area contributed by atoms with Crippen molar-refractivity contribution in [2.45, 2.75) is 6.42 Å². The van der Waals surface area contributed by atoms with E-state index in [1.807, 2.05) is 6.26 Å². The maximum Gasteiger partial charge on any atom is 0.262 e. The smallest absolute Gasteiger partial charge is 0.262 e. The first kappa shape index (κ1) is 13.5. The Hall–Kier alpha value is -1.89. The van der Waals surface area contributed by atoms with E-state index in [0.717, 1.165) is 5.75 Å². The molecule has 0 radical (unpaired) electrons.